The van der Waals surface area contributed by atoms with Gasteiger partial charge in [-0.05, 0) is 45.5 Å². The Labute approximate surface area is 90.7 Å². The van der Waals surface area contributed by atoms with Crippen molar-refractivity contribution in [2.75, 3.05) is 7.05 Å². The van der Waals surface area contributed by atoms with E-state index in [9.17, 15) is 0 Å². The molecule has 1 heterocycles. The van der Waals surface area contributed by atoms with Crippen LogP contribution in [0.2, 0.25) is 0 Å². The van der Waals surface area contributed by atoms with Crippen molar-refractivity contribution in [3.8, 4) is 0 Å². The van der Waals surface area contributed by atoms with E-state index in [1.54, 1.807) is 0 Å². The van der Waals surface area contributed by atoms with Crippen molar-refractivity contribution in [2.24, 2.45) is 0 Å². The quantitative estimate of drug-likeness (QED) is 0.769. The molecule has 0 aliphatic carbocycles. The van der Waals surface area contributed by atoms with Crippen LogP contribution in [-0.2, 0) is 0 Å². The Morgan fingerprint density at radius 3 is 2.67 bits per heavy atom. The van der Waals surface area contributed by atoms with Gasteiger partial charge in [0, 0.05) is 22.6 Å². The summed E-state index contributed by atoms with van der Waals surface area (Å²) in [5.41, 5.74) is 5.19. The summed E-state index contributed by atoms with van der Waals surface area (Å²) in [5.74, 6) is 0. The van der Waals surface area contributed by atoms with Crippen molar-refractivity contribution in [2.45, 2.75) is 26.8 Å². The maximum atomic E-state index is 3.48. The minimum atomic E-state index is 0.373. The molecule has 0 amide bonds. The summed E-state index contributed by atoms with van der Waals surface area (Å²) in [6, 6.07) is 6.92. The molecule has 2 aromatic rings. The van der Waals surface area contributed by atoms with E-state index in [4.69, 9.17) is 0 Å². The lowest BCUT2D eigenvalue weighted by atomic mass is 10.1. The molecule has 0 spiro atoms. The minimum Gasteiger partial charge on any atom is -0.357 e. The van der Waals surface area contributed by atoms with Crippen molar-refractivity contribution in [1.82, 2.24) is 10.3 Å². The molecule has 2 rings (SSSR count). The number of aromatic amines is 1. The summed E-state index contributed by atoms with van der Waals surface area (Å²) >= 11 is 0. The lowest BCUT2D eigenvalue weighted by Gasteiger charge is -2.08. The molecule has 0 radical (unpaired) electrons. The number of rotatable bonds is 2. The van der Waals surface area contributed by atoms with Crippen molar-refractivity contribution in [1.29, 1.82) is 0 Å². The third-order valence-corrected chi connectivity index (χ3v) is 3.12. The predicted octanol–water partition coefficient (Wildman–Crippen LogP) is 3.07. The van der Waals surface area contributed by atoms with E-state index in [1.165, 1.54) is 27.7 Å². The molecule has 15 heavy (non-hydrogen) atoms. The number of H-pyrrole nitrogens is 1. The maximum Gasteiger partial charge on any atom is 0.0459 e. The van der Waals surface area contributed by atoms with E-state index >= 15 is 0 Å². The first-order valence-electron chi connectivity index (χ1n) is 5.39. The zero-order chi connectivity index (χ0) is 11.0. The third kappa shape index (κ3) is 1.65. The third-order valence-electron chi connectivity index (χ3n) is 3.12. The molecule has 1 atom stereocenters. The molecule has 2 N–H and O–H groups in total. The Morgan fingerprint density at radius 2 is 2.00 bits per heavy atom. The number of fused-ring (bicyclic) bond motifs is 1. The summed E-state index contributed by atoms with van der Waals surface area (Å²) in [4.78, 5) is 3.48. The van der Waals surface area contributed by atoms with E-state index in [0.717, 1.165) is 0 Å². The zero-order valence-corrected chi connectivity index (χ0v) is 9.81. The molecule has 0 aliphatic heterocycles. The van der Waals surface area contributed by atoms with Gasteiger partial charge < -0.3 is 10.3 Å². The zero-order valence-electron chi connectivity index (χ0n) is 9.81. The standard InChI is InChI=1S/C13H18N2/c1-8-5-6-12-11(7-8)9(2)13(15-12)10(3)14-4/h5-7,10,14-15H,1-4H3. The van der Waals surface area contributed by atoms with Gasteiger partial charge >= 0.3 is 0 Å². The second-order valence-corrected chi connectivity index (χ2v) is 4.22. The second kappa shape index (κ2) is 3.70. The van der Waals surface area contributed by atoms with Gasteiger partial charge in [0.25, 0.3) is 0 Å². The highest BCUT2D eigenvalue weighted by Crippen LogP contribution is 2.26. The smallest absolute Gasteiger partial charge is 0.0459 e. The molecule has 1 unspecified atom stereocenters. The summed E-state index contributed by atoms with van der Waals surface area (Å²) in [6.07, 6.45) is 0. The molecule has 0 fully saturated rings. The number of aryl methyl sites for hydroxylation is 2. The van der Waals surface area contributed by atoms with E-state index in [-0.39, 0.29) is 0 Å². The monoisotopic (exact) mass is 202 g/mol. The Morgan fingerprint density at radius 1 is 1.27 bits per heavy atom. The number of aromatic nitrogens is 1. The maximum absolute atomic E-state index is 3.48. The number of hydrogen-bond acceptors (Lipinski definition) is 1. The fourth-order valence-corrected chi connectivity index (χ4v) is 2.04. The van der Waals surface area contributed by atoms with E-state index in [2.05, 4.69) is 49.3 Å². The van der Waals surface area contributed by atoms with Gasteiger partial charge in [-0.3, -0.25) is 0 Å². The summed E-state index contributed by atoms with van der Waals surface area (Å²) < 4.78 is 0. The van der Waals surface area contributed by atoms with Crippen LogP contribution in [-0.4, -0.2) is 12.0 Å². The van der Waals surface area contributed by atoms with Crippen LogP contribution in [0.3, 0.4) is 0 Å². The summed E-state index contributed by atoms with van der Waals surface area (Å²) in [5, 5.41) is 4.61. The van der Waals surface area contributed by atoms with E-state index in [0.29, 0.717) is 6.04 Å². The minimum absolute atomic E-state index is 0.373. The van der Waals surface area contributed by atoms with Gasteiger partial charge in [-0.2, -0.15) is 0 Å². The van der Waals surface area contributed by atoms with Gasteiger partial charge in [-0.25, -0.2) is 0 Å². The van der Waals surface area contributed by atoms with E-state index < -0.39 is 0 Å². The first-order valence-corrected chi connectivity index (χ1v) is 5.39. The van der Waals surface area contributed by atoms with Gasteiger partial charge in [0.15, 0.2) is 0 Å². The number of benzene rings is 1. The van der Waals surface area contributed by atoms with Crippen LogP contribution < -0.4 is 5.32 Å². The molecule has 80 valence electrons. The highest BCUT2D eigenvalue weighted by Gasteiger charge is 2.11. The normalized spacial score (nSPS) is 13.3. The molecule has 2 nitrogen and oxygen atoms in total. The molecule has 0 bridgehead atoms. The lowest BCUT2D eigenvalue weighted by Crippen LogP contribution is -2.13. The Hall–Kier alpha value is -1.28. The average Bonchev–Trinajstić information content (AvgIpc) is 2.55. The van der Waals surface area contributed by atoms with E-state index in [1.807, 2.05) is 7.05 Å². The fourth-order valence-electron chi connectivity index (χ4n) is 2.04. The van der Waals surface area contributed by atoms with Crippen molar-refractivity contribution in [3.63, 3.8) is 0 Å². The van der Waals surface area contributed by atoms with Gasteiger partial charge in [-0.15, -0.1) is 0 Å². The molecule has 1 aromatic carbocycles. The fraction of sp³-hybridized carbons (Fsp3) is 0.385. The summed E-state index contributed by atoms with van der Waals surface area (Å²) in [7, 11) is 1.99. The number of hydrogen-bond donors (Lipinski definition) is 2. The van der Waals surface area contributed by atoms with Crippen molar-refractivity contribution >= 4 is 10.9 Å². The largest absolute Gasteiger partial charge is 0.357 e. The first-order chi connectivity index (χ1) is 7.13. The first kappa shape index (κ1) is 10.2. The van der Waals surface area contributed by atoms with Crippen LogP contribution in [0.15, 0.2) is 18.2 Å². The molecule has 0 saturated heterocycles. The van der Waals surface area contributed by atoms with Crippen LogP contribution in [0.1, 0.15) is 29.8 Å². The van der Waals surface area contributed by atoms with Gasteiger partial charge in [-0.1, -0.05) is 11.6 Å². The summed E-state index contributed by atoms with van der Waals surface area (Å²) in [6.45, 7) is 6.49. The van der Waals surface area contributed by atoms with Crippen LogP contribution >= 0.6 is 0 Å². The molecule has 0 aliphatic rings. The Bertz CT molecular complexity index is 482. The molecule has 2 heteroatoms. The molecule has 1 aromatic heterocycles. The molecular formula is C13H18N2. The van der Waals surface area contributed by atoms with Crippen molar-refractivity contribution < 1.29 is 0 Å². The Balaban J connectivity index is 2.64. The van der Waals surface area contributed by atoms with Gasteiger partial charge in [0.2, 0.25) is 0 Å². The number of nitrogens with one attached hydrogen (secondary N) is 2. The predicted molar refractivity (Wildman–Crippen MR) is 65.2 cm³/mol. The highest BCUT2D eigenvalue weighted by atomic mass is 14.9. The van der Waals surface area contributed by atoms with Crippen LogP contribution in [0.25, 0.3) is 10.9 Å². The van der Waals surface area contributed by atoms with Crippen LogP contribution in [0.4, 0.5) is 0 Å². The SMILES string of the molecule is CNC(C)c1[nH]c2ccc(C)cc2c1C. The van der Waals surface area contributed by atoms with Gasteiger partial charge in [0.05, 0.1) is 0 Å². The van der Waals surface area contributed by atoms with Gasteiger partial charge in [0.1, 0.15) is 0 Å². The van der Waals surface area contributed by atoms with Crippen molar-refractivity contribution in [3.05, 3.63) is 35.0 Å². The molecular weight excluding hydrogens is 184 g/mol. The van der Waals surface area contributed by atoms with Crippen LogP contribution in [0, 0.1) is 13.8 Å². The Kier molecular flexibility index (Phi) is 2.53. The van der Waals surface area contributed by atoms with Crippen LogP contribution in [0.5, 0.6) is 0 Å². The topological polar surface area (TPSA) is 27.8 Å². The second-order valence-electron chi connectivity index (χ2n) is 4.22. The highest BCUT2D eigenvalue weighted by molar-refractivity contribution is 5.85. The molecule has 0 saturated carbocycles. The average molecular weight is 202 g/mol. The lowest BCUT2D eigenvalue weighted by molar-refractivity contribution is 0.634.